The van der Waals surface area contributed by atoms with E-state index in [1.807, 2.05) is 36.4 Å². The Kier molecular flexibility index (Phi) is 7.27. The maximum Gasteiger partial charge on any atom is 0.344 e. The molecule has 0 aliphatic carbocycles. The highest BCUT2D eigenvalue weighted by Gasteiger charge is 2.17. The van der Waals surface area contributed by atoms with Gasteiger partial charge >= 0.3 is 11.9 Å². The number of nitrogens with one attached hydrogen (secondary N) is 1. The number of carboxylic acids is 1. The smallest absolute Gasteiger partial charge is 0.344 e. The predicted octanol–water partition coefficient (Wildman–Crippen LogP) is 5.31. The van der Waals surface area contributed by atoms with Gasteiger partial charge in [-0.3, -0.25) is 4.79 Å². The van der Waals surface area contributed by atoms with E-state index in [0.29, 0.717) is 16.9 Å². The average Bonchev–Trinajstić information content (AvgIpc) is 2.91. The van der Waals surface area contributed by atoms with Crippen LogP contribution in [-0.2, 0) is 4.79 Å². The second-order valence-electron chi connectivity index (χ2n) is 7.84. The van der Waals surface area contributed by atoms with Crippen molar-refractivity contribution in [2.24, 2.45) is 0 Å². The van der Waals surface area contributed by atoms with Crippen LogP contribution in [0.2, 0.25) is 0 Å². The van der Waals surface area contributed by atoms with Crippen molar-refractivity contribution >= 4 is 40.4 Å². The zero-order valence-corrected chi connectivity index (χ0v) is 19.6. The van der Waals surface area contributed by atoms with E-state index in [1.165, 1.54) is 43.5 Å². The van der Waals surface area contributed by atoms with Crippen LogP contribution in [0.4, 0.5) is 5.69 Å². The molecule has 0 aromatic heterocycles. The number of hydrogen-bond donors (Lipinski definition) is 2. The molecule has 0 aliphatic heterocycles. The quantitative estimate of drug-likeness (QED) is 0.155. The number of methoxy groups -OCH3 is 1. The molecular weight excluding hydrogens is 472 g/mol. The zero-order valence-electron chi connectivity index (χ0n) is 19.6. The monoisotopic (exact) mass is 492 g/mol. The van der Waals surface area contributed by atoms with Crippen LogP contribution in [0.5, 0.6) is 11.5 Å². The number of nitriles is 1. The van der Waals surface area contributed by atoms with Crippen molar-refractivity contribution in [1.29, 1.82) is 5.26 Å². The second kappa shape index (κ2) is 10.9. The van der Waals surface area contributed by atoms with E-state index in [1.54, 1.807) is 24.3 Å². The first-order valence-electron chi connectivity index (χ1n) is 11.0. The first-order valence-corrected chi connectivity index (χ1v) is 11.0. The minimum absolute atomic E-state index is 0.00639. The molecule has 2 N–H and O–H groups in total. The molecule has 0 heterocycles. The number of carboxylic acid groups (broad SMARTS) is 1. The molecule has 0 unspecified atom stereocenters. The van der Waals surface area contributed by atoms with Gasteiger partial charge in [-0.05, 0) is 58.8 Å². The third kappa shape index (κ3) is 5.63. The van der Waals surface area contributed by atoms with Crippen LogP contribution in [0.25, 0.3) is 16.8 Å². The molecule has 8 heteroatoms. The number of anilines is 1. The van der Waals surface area contributed by atoms with Crippen molar-refractivity contribution in [3.8, 4) is 17.6 Å². The zero-order chi connectivity index (χ0) is 26.4. The van der Waals surface area contributed by atoms with E-state index in [2.05, 4.69) is 5.32 Å². The SMILES string of the molecule is COc1ccc(C=C(C#N)C(=O)Nc2cccc(C(=O)O)c2)cc1OC(=O)c1cccc2ccccc12. The van der Waals surface area contributed by atoms with Crippen LogP contribution in [0.1, 0.15) is 26.3 Å². The standard InChI is InChI=1S/C29H20N2O6/c1-36-25-13-12-18(14-21(17-30)27(32)31-22-9-4-8-20(16-22)28(33)34)15-26(25)37-29(35)24-11-5-7-19-6-2-3-10-23(19)24/h2-16H,1H3,(H,31,32)(H,33,34). The minimum atomic E-state index is -1.14. The van der Waals surface area contributed by atoms with Gasteiger partial charge in [0.1, 0.15) is 11.6 Å². The summed E-state index contributed by atoms with van der Waals surface area (Å²) >= 11 is 0. The highest BCUT2D eigenvalue weighted by molar-refractivity contribution is 6.10. The summed E-state index contributed by atoms with van der Waals surface area (Å²) in [6.07, 6.45) is 1.32. The van der Waals surface area contributed by atoms with E-state index in [0.717, 1.165) is 10.8 Å². The summed E-state index contributed by atoms with van der Waals surface area (Å²) in [6, 6.07) is 24.9. The van der Waals surface area contributed by atoms with Crippen molar-refractivity contribution in [2.75, 3.05) is 12.4 Å². The summed E-state index contributed by atoms with van der Waals surface area (Å²) in [5, 5.41) is 22.8. The van der Waals surface area contributed by atoms with E-state index in [9.17, 15) is 19.6 Å². The number of rotatable bonds is 7. The van der Waals surface area contributed by atoms with Gasteiger partial charge < -0.3 is 19.9 Å². The molecule has 0 atom stereocenters. The molecular formula is C29H20N2O6. The van der Waals surface area contributed by atoms with Crippen LogP contribution in [0, 0.1) is 11.3 Å². The lowest BCUT2D eigenvalue weighted by atomic mass is 10.0. The van der Waals surface area contributed by atoms with Gasteiger partial charge in [0.25, 0.3) is 5.91 Å². The Labute approximate surface area is 212 Å². The first-order chi connectivity index (χ1) is 17.9. The van der Waals surface area contributed by atoms with Gasteiger partial charge in [0.2, 0.25) is 0 Å². The molecule has 4 aromatic rings. The lowest BCUT2D eigenvalue weighted by molar-refractivity contribution is -0.112. The third-order valence-corrected chi connectivity index (χ3v) is 5.44. The molecule has 182 valence electrons. The lowest BCUT2D eigenvalue weighted by Gasteiger charge is -2.11. The van der Waals surface area contributed by atoms with Crippen LogP contribution >= 0.6 is 0 Å². The molecule has 0 radical (unpaired) electrons. The van der Waals surface area contributed by atoms with Gasteiger partial charge in [0.05, 0.1) is 18.2 Å². The van der Waals surface area contributed by atoms with Crippen LogP contribution in [0.3, 0.4) is 0 Å². The maximum atomic E-state index is 13.0. The Morgan fingerprint density at radius 1 is 0.919 bits per heavy atom. The third-order valence-electron chi connectivity index (χ3n) is 5.44. The molecule has 37 heavy (non-hydrogen) atoms. The molecule has 4 aromatic carbocycles. The summed E-state index contributed by atoms with van der Waals surface area (Å²) in [4.78, 5) is 36.8. The number of amides is 1. The molecule has 0 spiro atoms. The number of benzene rings is 4. The van der Waals surface area contributed by atoms with Gasteiger partial charge in [0.15, 0.2) is 11.5 Å². The van der Waals surface area contributed by atoms with E-state index >= 15 is 0 Å². The lowest BCUT2D eigenvalue weighted by Crippen LogP contribution is -2.14. The van der Waals surface area contributed by atoms with Crippen molar-refractivity contribution < 1.29 is 29.0 Å². The largest absolute Gasteiger partial charge is 0.493 e. The van der Waals surface area contributed by atoms with Crippen molar-refractivity contribution in [1.82, 2.24) is 0 Å². The molecule has 0 saturated heterocycles. The van der Waals surface area contributed by atoms with Crippen molar-refractivity contribution in [3.63, 3.8) is 0 Å². The highest BCUT2D eigenvalue weighted by Crippen LogP contribution is 2.31. The van der Waals surface area contributed by atoms with E-state index in [-0.39, 0.29) is 22.6 Å². The number of hydrogen-bond acceptors (Lipinski definition) is 6. The fraction of sp³-hybridized carbons (Fsp3) is 0.0345. The Morgan fingerprint density at radius 3 is 2.43 bits per heavy atom. The predicted molar refractivity (Wildman–Crippen MR) is 138 cm³/mol. The molecule has 0 bridgehead atoms. The van der Waals surface area contributed by atoms with Crippen LogP contribution < -0.4 is 14.8 Å². The van der Waals surface area contributed by atoms with Crippen molar-refractivity contribution in [2.45, 2.75) is 0 Å². The first kappa shape index (κ1) is 24.7. The van der Waals surface area contributed by atoms with Crippen molar-refractivity contribution in [3.05, 3.63) is 107 Å². The number of aromatic carboxylic acids is 1. The minimum Gasteiger partial charge on any atom is -0.493 e. The molecule has 1 amide bonds. The summed E-state index contributed by atoms with van der Waals surface area (Å²) < 4.78 is 11.0. The Bertz CT molecular complexity index is 1590. The number of carbonyl (C=O) groups is 3. The van der Waals surface area contributed by atoms with E-state index in [4.69, 9.17) is 14.6 Å². The topological polar surface area (TPSA) is 126 Å². The number of fused-ring (bicyclic) bond motifs is 1. The number of ether oxygens (including phenoxy) is 2. The Balaban J connectivity index is 1.60. The molecule has 0 fully saturated rings. The normalized spacial score (nSPS) is 10.9. The summed E-state index contributed by atoms with van der Waals surface area (Å²) in [6.45, 7) is 0. The van der Waals surface area contributed by atoms with Gasteiger partial charge in [-0.15, -0.1) is 0 Å². The van der Waals surface area contributed by atoms with Gasteiger partial charge in [-0.1, -0.05) is 48.5 Å². The fourth-order valence-corrected chi connectivity index (χ4v) is 3.66. The fourth-order valence-electron chi connectivity index (χ4n) is 3.66. The molecule has 8 nitrogen and oxygen atoms in total. The number of esters is 1. The molecule has 0 saturated carbocycles. The van der Waals surface area contributed by atoms with Crippen LogP contribution in [0.15, 0.2) is 90.5 Å². The van der Waals surface area contributed by atoms with Crippen LogP contribution in [-0.4, -0.2) is 30.1 Å². The summed E-state index contributed by atoms with van der Waals surface area (Å²) in [7, 11) is 1.43. The molecule has 4 rings (SSSR count). The number of nitrogens with zero attached hydrogens (tertiary/aromatic N) is 1. The Morgan fingerprint density at radius 2 is 1.68 bits per heavy atom. The maximum absolute atomic E-state index is 13.0. The summed E-state index contributed by atoms with van der Waals surface area (Å²) in [5.41, 5.74) is 0.769. The van der Waals surface area contributed by atoms with Gasteiger partial charge in [0, 0.05) is 5.69 Å². The average molecular weight is 492 g/mol. The van der Waals surface area contributed by atoms with Gasteiger partial charge in [-0.25, -0.2) is 9.59 Å². The summed E-state index contributed by atoms with van der Waals surface area (Å²) in [5.74, 6) is -2.06. The highest BCUT2D eigenvalue weighted by atomic mass is 16.6. The van der Waals surface area contributed by atoms with E-state index < -0.39 is 17.8 Å². The Hall–Kier alpha value is -5.42. The number of carbonyl (C=O) groups excluding carboxylic acids is 2. The molecule has 0 aliphatic rings. The van der Waals surface area contributed by atoms with Gasteiger partial charge in [-0.2, -0.15) is 5.26 Å². The second-order valence-corrected chi connectivity index (χ2v) is 7.84.